The van der Waals surface area contributed by atoms with Crippen LogP contribution in [0.2, 0.25) is 0 Å². The predicted molar refractivity (Wildman–Crippen MR) is 91.1 cm³/mol. The Bertz CT molecular complexity index is 442. The van der Waals surface area contributed by atoms with E-state index in [2.05, 4.69) is 0 Å². The number of carbonyl (C=O) groups is 1. The van der Waals surface area contributed by atoms with Crippen LogP contribution in [-0.4, -0.2) is 123 Å². The number of nitrogens with zero attached hydrogens (tertiary/aromatic N) is 1. The van der Waals surface area contributed by atoms with Gasteiger partial charge in [0.25, 0.3) is 0 Å². The molecule has 2 fully saturated rings. The molecule has 2 aliphatic heterocycles. The minimum absolute atomic E-state index is 0.00615. The van der Waals surface area contributed by atoms with Crippen molar-refractivity contribution < 1.29 is 43.8 Å². The number of cyclic esters (lactones) is 1. The lowest BCUT2D eigenvalue weighted by Crippen LogP contribution is -2.60. The van der Waals surface area contributed by atoms with E-state index in [-0.39, 0.29) is 19.8 Å². The van der Waals surface area contributed by atoms with Gasteiger partial charge in [-0.3, -0.25) is 4.90 Å². The molecule has 0 radical (unpaired) electrons. The van der Waals surface area contributed by atoms with E-state index in [4.69, 9.17) is 34.5 Å². The number of hydrogen-bond donors (Lipinski definition) is 4. The second kappa shape index (κ2) is 11.7. The Kier molecular flexibility index (Phi) is 9.65. The van der Waals surface area contributed by atoms with Crippen molar-refractivity contribution in [1.82, 2.24) is 4.90 Å². The number of rotatable bonds is 12. The zero-order valence-corrected chi connectivity index (χ0v) is 15.3. The summed E-state index contributed by atoms with van der Waals surface area (Å²) in [7, 11) is 0. The van der Waals surface area contributed by atoms with E-state index < -0.39 is 43.2 Å². The molecule has 0 unspecified atom stereocenters. The van der Waals surface area contributed by atoms with Gasteiger partial charge < -0.3 is 44.7 Å². The highest BCUT2D eigenvalue weighted by atomic mass is 16.6. The standard InChI is InChI=1S/C16H30N2O9/c17-1-2-23-3-4-24-5-6-25-9-11-7-18(16(22)27-11)12-10-26-13(8-19)15(21)14(12)20/h11-15,19-21H,1-10,17H2/t11-,12+,13-,14-,15+/m1/s1. The van der Waals surface area contributed by atoms with Gasteiger partial charge in [-0.1, -0.05) is 0 Å². The van der Waals surface area contributed by atoms with Crippen LogP contribution in [0, 0.1) is 0 Å². The monoisotopic (exact) mass is 394 g/mol. The summed E-state index contributed by atoms with van der Waals surface area (Å²) in [6.07, 6.45) is -4.44. The third-order valence-electron chi connectivity index (χ3n) is 4.40. The van der Waals surface area contributed by atoms with Crippen molar-refractivity contribution in [1.29, 1.82) is 0 Å². The summed E-state index contributed by atoms with van der Waals surface area (Å²) >= 11 is 0. The molecule has 0 aromatic rings. The molecule has 11 heteroatoms. The molecule has 2 saturated heterocycles. The summed E-state index contributed by atoms with van der Waals surface area (Å²) in [4.78, 5) is 13.4. The van der Waals surface area contributed by atoms with Crippen molar-refractivity contribution in [2.75, 3.05) is 65.9 Å². The lowest BCUT2D eigenvalue weighted by Gasteiger charge is -2.40. The normalized spacial score (nSPS) is 31.3. The van der Waals surface area contributed by atoms with Gasteiger partial charge in [0.2, 0.25) is 0 Å². The summed E-state index contributed by atoms with van der Waals surface area (Å²) < 4.78 is 26.5. The van der Waals surface area contributed by atoms with E-state index in [1.54, 1.807) is 0 Å². The van der Waals surface area contributed by atoms with Crippen molar-refractivity contribution >= 4 is 6.09 Å². The second-order valence-corrected chi connectivity index (χ2v) is 6.35. The first-order chi connectivity index (χ1) is 13.1. The number of amides is 1. The van der Waals surface area contributed by atoms with Gasteiger partial charge in [0, 0.05) is 6.54 Å². The molecule has 0 spiro atoms. The van der Waals surface area contributed by atoms with E-state index in [1.807, 2.05) is 0 Å². The van der Waals surface area contributed by atoms with Gasteiger partial charge in [0.1, 0.15) is 24.4 Å². The lowest BCUT2D eigenvalue weighted by atomic mass is 9.97. The maximum Gasteiger partial charge on any atom is 0.410 e. The number of aliphatic hydroxyl groups excluding tert-OH is 3. The zero-order valence-electron chi connectivity index (χ0n) is 15.3. The maximum absolute atomic E-state index is 12.1. The third-order valence-corrected chi connectivity index (χ3v) is 4.40. The average molecular weight is 394 g/mol. The molecule has 1 amide bonds. The van der Waals surface area contributed by atoms with Crippen LogP contribution in [0.5, 0.6) is 0 Å². The van der Waals surface area contributed by atoms with E-state index in [0.717, 1.165) is 0 Å². The SMILES string of the molecule is NCCOCCOCCOC[C@H]1CN([C@H]2CO[C@H](CO)[C@H](O)[C@@H]2O)C(=O)O1. The lowest BCUT2D eigenvalue weighted by molar-refractivity contribution is -0.174. The topological polar surface area (TPSA) is 153 Å². The molecule has 5 atom stereocenters. The molecule has 0 aliphatic carbocycles. The quantitative estimate of drug-likeness (QED) is 0.257. The predicted octanol–water partition coefficient (Wildman–Crippen LogP) is -2.70. The number of aliphatic hydroxyl groups is 3. The van der Waals surface area contributed by atoms with Crippen LogP contribution in [-0.2, 0) is 23.7 Å². The summed E-state index contributed by atoms with van der Waals surface area (Å²) in [5.41, 5.74) is 5.29. The molecular weight excluding hydrogens is 364 g/mol. The highest BCUT2D eigenvalue weighted by Gasteiger charge is 2.46. The number of hydrogen-bond acceptors (Lipinski definition) is 10. The number of nitrogens with two attached hydrogens (primary N) is 1. The van der Waals surface area contributed by atoms with Gasteiger partial charge in [0.15, 0.2) is 0 Å². The maximum atomic E-state index is 12.1. The van der Waals surface area contributed by atoms with Gasteiger partial charge in [-0.05, 0) is 0 Å². The summed E-state index contributed by atoms with van der Waals surface area (Å²) in [6, 6.07) is -0.739. The van der Waals surface area contributed by atoms with Crippen LogP contribution in [0.4, 0.5) is 4.79 Å². The molecule has 2 rings (SSSR count). The molecule has 158 valence electrons. The molecular formula is C16H30N2O9. The Morgan fingerprint density at radius 1 is 1.07 bits per heavy atom. The first-order valence-corrected chi connectivity index (χ1v) is 9.07. The minimum atomic E-state index is -1.28. The van der Waals surface area contributed by atoms with Crippen LogP contribution >= 0.6 is 0 Å². The van der Waals surface area contributed by atoms with Crippen LogP contribution in [0.15, 0.2) is 0 Å². The third kappa shape index (κ3) is 6.50. The van der Waals surface area contributed by atoms with Gasteiger partial charge in [0.05, 0.1) is 65.4 Å². The average Bonchev–Trinajstić information content (AvgIpc) is 3.03. The highest BCUT2D eigenvalue weighted by molar-refractivity contribution is 5.70. The molecule has 0 aromatic heterocycles. The van der Waals surface area contributed by atoms with E-state index in [9.17, 15) is 15.0 Å². The Morgan fingerprint density at radius 3 is 2.41 bits per heavy atom. The van der Waals surface area contributed by atoms with E-state index >= 15 is 0 Å². The fraction of sp³-hybridized carbons (Fsp3) is 0.938. The fourth-order valence-corrected chi connectivity index (χ4v) is 2.94. The number of ether oxygens (including phenoxy) is 5. The summed E-state index contributed by atoms with van der Waals surface area (Å²) in [6.45, 7) is 2.64. The van der Waals surface area contributed by atoms with Crippen molar-refractivity contribution in [2.45, 2.75) is 30.5 Å². The Labute approximate surface area is 157 Å². The van der Waals surface area contributed by atoms with Crippen LogP contribution < -0.4 is 5.73 Å². The number of carbonyl (C=O) groups excluding carboxylic acids is 1. The Balaban J connectivity index is 1.63. The summed E-state index contributed by atoms with van der Waals surface area (Å²) in [5.74, 6) is 0. The van der Waals surface area contributed by atoms with Gasteiger partial charge in [-0.2, -0.15) is 0 Å². The van der Waals surface area contributed by atoms with Crippen molar-refractivity contribution in [3.05, 3.63) is 0 Å². The first kappa shape index (κ1) is 22.2. The molecule has 27 heavy (non-hydrogen) atoms. The van der Waals surface area contributed by atoms with Crippen molar-refractivity contribution in [3.63, 3.8) is 0 Å². The molecule has 2 heterocycles. The molecule has 0 aromatic carbocycles. The molecule has 0 bridgehead atoms. The van der Waals surface area contributed by atoms with Crippen LogP contribution in [0.25, 0.3) is 0 Å². The smallest absolute Gasteiger partial charge is 0.410 e. The van der Waals surface area contributed by atoms with E-state index in [1.165, 1.54) is 4.90 Å². The second-order valence-electron chi connectivity index (χ2n) is 6.35. The van der Waals surface area contributed by atoms with E-state index in [0.29, 0.717) is 39.6 Å². The van der Waals surface area contributed by atoms with Gasteiger partial charge in [-0.15, -0.1) is 0 Å². The fourth-order valence-electron chi connectivity index (χ4n) is 2.94. The molecule has 2 aliphatic rings. The molecule has 5 N–H and O–H groups in total. The van der Waals surface area contributed by atoms with Gasteiger partial charge in [-0.25, -0.2) is 4.79 Å². The van der Waals surface area contributed by atoms with Crippen molar-refractivity contribution in [2.24, 2.45) is 5.73 Å². The highest BCUT2D eigenvalue weighted by Crippen LogP contribution is 2.24. The molecule has 0 saturated carbocycles. The van der Waals surface area contributed by atoms with Crippen LogP contribution in [0.3, 0.4) is 0 Å². The van der Waals surface area contributed by atoms with Gasteiger partial charge >= 0.3 is 6.09 Å². The van der Waals surface area contributed by atoms with Crippen LogP contribution in [0.1, 0.15) is 0 Å². The summed E-state index contributed by atoms with van der Waals surface area (Å²) in [5, 5.41) is 29.2. The Hall–Kier alpha value is -1.05. The largest absolute Gasteiger partial charge is 0.442 e. The van der Waals surface area contributed by atoms with Crippen molar-refractivity contribution in [3.8, 4) is 0 Å². The minimum Gasteiger partial charge on any atom is -0.442 e. The zero-order chi connectivity index (χ0) is 19.6. The Morgan fingerprint density at radius 2 is 1.74 bits per heavy atom. The first-order valence-electron chi connectivity index (χ1n) is 9.07. The molecule has 11 nitrogen and oxygen atoms in total.